The SMILES string of the molecule is Cc1nn(C)c(C)c1C(=O)Nc1cccc2c1CCC2(C)C. The maximum absolute atomic E-state index is 12.7. The summed E-state index contributed by atoms with van der Waals surface area (Å²) in [5.74, 6) is -0.0683. The molecule has 1 aromatic heterocycles. The molecule has 1 aliphatic carbocycles. The highest BCUT2D eigenvalue weighted by Gasteiger charge is 2.31. The van der Waals surface area contributed by atoms with Crippen LogP contribution in [0.4, 0.5) is 5.69 Å². The topological polar surface area (TPSA) is 46.9 Å². The van der Waals surface area contributed by atoms with Crippen LogP contribution in [-0.2, 0) is 18.9 Å². The zero-order chi connectivity index (χ0) is 16.1. The van der Waals surface area contributed by atoms with E-state index in [0.29, 0.717) is 5.56 Å². The van der Waals surface area contributed by atoms with Gasteiger partial charge in [-0.25, -0.2) is 0 Å². The molecule has 2 aromatic rings. The molecule has 4 nitrogen and oxygen atoms in total. The normalized spacial score (nSPS) is 15.7. The zero-order valence-corrected chi connectivity index (χ0v) is 13.9. The molecule has 0 unspecified atom stereocenters. The van der Waals surface area contributed by atoms with Crippen LogP contribution in [0, 0.1) is 13.8 Å². The summed E-state index contributed by atoms with van der Waals surface area (Å²) < 4.78 is 1.75. The van der Waals surface area contributed by atoms with Crippen molar-refractivity contribution in [3.8, 4) is 0 Å². The average molecular weight is 297 g/mol. The molecule has 0 fully saturated rings. The average Bonchev–Trinajstić information content (AvgIpc) is 2.88. The van der Waals surface area contributed by atoms with Crippen LogP contribution in [0.5, 0.6) is 0 Å². The van der Waals surface area contributed by atoms with Crippen molar-refractivity contribution in [3.05, 3.63) is 46.3 Å². The molecule has 0 saturated heterocycles. The summed E-state index contributed by atoms with van der Waals surface area (Å²) in [5.41, 5.74) is 6.10. The Morgan fingerprint density at radius 1 is 1.32 bits per heavy atom. The van der Waals surface area contributed by atoms with E-state index in [1.807, 2.05) is 33.0 Å². The maximum atomic E-state index is 12.7. The fourth-order valence-electron chi connectivity index (χ4n) is 3.47. The van der Waals surface area contributed by atoms with Crippen molar-refractivity contribution in [2.75, 3.05) is 5.32 Å². The Bertz CT molecular complexity index is 756. The molecule has 0 radical (unpaired) electrons. The molecule has 0 bridgehead atoms. The number of nitrogens with one attached hydrogen (secondary N) is 1. The quantitative estimate of drug-likeness (QED) is 0.922. The third kappa shape index (κ3) is 2.23. The lowest BCUT2D eigenvalue weighted by Crippen LogP contribution is -2.16. The van der Waals surface area contributed by atoms with Crippen molar-refractivity contribution in [1.29, 1.82) is 0 Å². The van der Waals surface area contributed by atoms with E-state index in [4.69, 9.17) is 0 Å². The number of aryl methyl sites for hydroxylation is 2. The fraction of sp³-hybridized carbons (Fsp3) is 0.444. The number of hydrogen-bond acceptors (Lipinski definition) is 2. The van der Waals surface area contributed by atoms with E-state index in [9.17, 15) is 4.79 Å². The fourth-order valence-corrected chi connectivity index (χ4v) is 3.47. The van der Waals surface area contributed by atoms with Crippen molar-refractivity contribution < 1.29 is 4.79 Å². The number of benzene rings is 1. The minimum Gasteiger partial charge on any atom is -0.322 e. The lowest BCUT2D eigenvalue weighted by atomic mass is 9.86. The first-order chi connectivity index (χ1) is 10.3. The number of carbonyl (C=O) groups is 1. The Balaban J connectivity index is 1.95. The summed E-state index contributed by atoms with van der Waals surface area (Å²) in [4.78, 5) is 12.7. The van der Waals surface area contributed by atoms with Crippen LogP contribution in [0.3, 0.4) is 0 Å². The molecule has 4 heteroatoms. The van der Waals surface area contributed by atoms with Gasteiger partial charge in [-0.3, -0.25) is 9.48 Å². The number of aromatic nitrogens is 2. The Labute approximate surface area is 131 Å². The van der Waals surface area contributed by atoms with Gasteiger partial charge < -0.3 is 5.32 Å². The first-order valence-electron chi connectivity index (χ1n) is 7.75. The Kier molecular flexibility index (Phi) is 3.35. The lowest BCUT2D eigenvalue weighted by Gasteiger charge is -2.19. The van der Waals surface area contributed by atoms with Gasteiger partial charge in [0.1, 0.15) is 0 Å². The van der Waals surface area contributed by atoms with Crippen molar-refractivity contribution in [2.24, 2.45) is 7.05 Å². The molecule has 0 aliphatic heterocycles. The second-order valence-corrected chi connectivity index (χ2v) is 6.84. The Morgan fingerprint density at radius 2 is 2.05 bits per heavy atom. The van der Waals surface area contributed by atoms with Crippen LogP contribution in [0.1, 0.15) is 53.1 Å². The van der Waals surface area contributed by atoms with Gasteiger partial charge in [0.2, 0.25) is 0 Å². The second-order valence-electron chi connectivity index (χ2n) is 6.84. The monoisotopic (exact) mass is 297 g/mol. The third-order valence-corrected chi connectivity index (χ3v) is 4.89. The van der Waals surface area contributed by atoms with E-state index in [1.54, 1.807) is 4.68 Å². The van der Waals surface area contributed by atoms with E-state index < -0.39 is 0 Å². The van der Waals surface area contributed by atoms with Crippen LogP contribution in [-0.4, -0.2) is 15.7 Å². The van der Waals surface area contributed by atoms with Gasteiger partial charge in [-0.1, -0.05) is 26.0 Å². The largest absolute Gasteiger partial charge is 0.322 e. The zero-order valence-electron chi connectivity index (χ0n) is 13.9. The van der Waals surface area contributed by atoms with Gasteiger partial charge in [-0.05, 0) is 49.3 Å². The summed E-state index contributed by atoms with van der Waals surface area (Å²) in [5, 5.41) is 7.42. The number of rotatable bonds is 2. The van der Waals surface area contributed by atoms with Gasteiger partial charge in [-0.15, -0.1) is 0 Å². The molecule has 116 valence electrons. The molecular formula is C18H23N3O. The first-order valence-corrected chi connectivity index (χ1v) is 7.75. The van der Waals surface area contributed by atoms with Crippen molar-refractivity contribution in [3.63, 3.8) is 0 Å². The van der Waals surface area contributed by atoms with E-state index in [-0.39, 0.29) is 11.3 Å². The summed E-state index contributed by atoms with van der Waals surface area (Å²) in [6.07, 6.45) is 2.14. The number of nitrogens with zero attached hydrogens (tertiary/aromatic N) is 2. The van der Waals surface area contributed by atoms with E-state index in [1.165, 1.54) is 11.1 Å². The molecule has 22 heavy (non-hydrogen) atoms. The van der Waals surface area contributed by atoms with Gasteiger partial charge in [0.05, 0.1) is 11.3 Å². The van der Waals surface area contributed by atoms with Gasteiger partial charge in [-0.2, -0.15) is 5.10 Å². The molecular weight excluding hydrogens is 274 g/mol. The van der Waals surface area contributed by atoms with Gasteiger partial charge in [0.15, 0.2) is 0 Å². The molecule has 1 aromatic carbocycles. The third-order valence-electron chi connectivity index (χ3n) is 4.89. The highest BCUT2D eigenvalue weighted by atomic mass is 16.1. The highest BCUT2D eigenvalue weighted by Crippen LogP contribution is 2.41. The molecule has 0 saturated carbocycles. The second kappa shape index (κ2) is 4.97. The minimum atomic E-state index is -0.0683. The number of anilines is 1. The molecule has 0 atom stereocenters. The van der Waals surface area contributed by atoms with E-state index in [0.717, 1.165) is 29.9 Å². The van der Waals surface area contributed by atoms with Crippen LogP contribution >= 0.6 is 0 Å². The van der Waals surface area contributed by atoms with Crippen LogP contribution in [0.2, 0.25) is 0 Å². The van der Waals surface area contributed by atoms with Crippen LogP contribution in [0.25, 0.3) is 0 Å². The number of carbonyl (C=O) groups excluding carboxylic acids is 1. The van der Waals surface area contributed by atoms with E-state index >= 15 is 0 Å². The standard InChI is InChI=1S/C18H23N3O/c1-11-16(12(2)21(5)20-11)17(22)19-15-8-6-7-14-13(15)9-10-18(14,3)4/h6-8H,9-10H2,1-5H3,(H,19,22). The Hall–Kier alpha value is -2.10. The van der Waals surface area contributed by atoms with Gasteiger partial charge >= 0.3 is 0 Å². The van der Waals surface area contributed by atoms with Gasteiger partial charge in [0.25, 0.3) is 5.91 Å². The first kappa shape index (κ1) is 14.8. The molecule has 1 amide bonds. The molecule has 1 aliphatic rings. The summed E-state index contributed by atoms with van der Waals surface area (Å²) in [7, 11) is 1.86. The lowest BCUT2D eigenvalue weighted by molar-refractivity contribution is 0.102. The van der Waals surface area contributed by atoms with Crippen LogP contribution in [0.15, 0.2) is 18.2 Å². The van der Waals surface area contributed by atoms with Crippen LogP contribution < -0.4 is 5.32 Å². The van der Waals surface area contributed by atoms with Crippen molar-refractivity contribution in [2.45, 2.75) is 46.0 Å². The predicted molar refractivity (Wildman–Crippen MR) is 88.4 cm³/mol. The summed E-state index contributed by atoms with van der Waals surface area (Å²) in [6.45, 7) is 8.33. The van der Waals surface area contributed by atoms with Crippen molar-refractivity contribution >= 4 is 11.6 Å². The maximum Gasteiger partial charge on any atom is 0.259 e. The summed E-state index contributed by atoms with van der Waals surface area (Å²) in [6, 6.07) is 6.21. The molecule has 3 rings (SSSR count). The molecule has 1 N–H and O–H groups in total. The van der Waals surface area contributed by atoms with Crippen molar-refractivity contribution in [1.82, 2.24) is 9.78 Å². The Morgan fingerprint density at radius 3 is 2.68 bits per heavy atom. The van der Waals surface area contributed by atoms with E-state index in [2.05, 4.69) is 30.3 Å². The predicted octanol–water partition coefficient (Wildman–Crippen LogP) is 3.51. The molecule has 1 heterocycles. The van der Waals surface area contributed by atoms with Gasteiger partial charge in [0, 0.05) is 18.4 Å². The minimum absolute atomic E-state index is 0.0683. The summed E-state index contributed by atoms with van der Waals surface area (Å²) >= 11 is 0. The number of hydrogen-bond donors (Lipinski definition) is 1. The molecule has 0 spiro atoms. The number of fused-ring (bicyclic) bond motifs is 1. The number of amides is 1. The smallest absolute Gasteiger partial charge is 0.259 e. The highest BCUT2D eigenvalue weighted by molar-refractivity contribution is 6.06.